The zero-order valence-electron chi connectivity index (χ0n) is 37.9. The molecule has 0 aliphatic heterocycles. The van der Waals surface area contributed by atoms with Crippen molar-refractivity contribution in [1.29, 1.82) is 0 Å². The van der Waals surface area contributed by atoms with Gasteiger partial charge in [0.05, 0.1) is 41.9 Å². The zero-order chi connectivity index (χ0) is 47.1. The molecule has 1 amide bonds. The number of ketones is 2. The summed E-state index contributed by atoms with van der Waals surface area (Å²) in [5.74, 6) is 0.686. The lowest BCUT2D eigenvalue weighted by atomic mass is 10.1. The van der Waals surface area contributed by atoms with E-state index in [4.69, 9.17) is 10.8 Å². The first-order valence-corrected chi connectivity index (χ1v) is 25.6. The van der Waals surface area contributed by atoms with Crippen molar-refractivity contribution >= 4 is 69.6 Å². The Labute approximate surface area is 400 Å². The van der Waals surface area contributed by atoms with E-state index in [0.717, 1.165) is 74.7 Å². The van der Waals surface area contributed by atoms with Crippen molar-refractivity contribution in [2.75, 3.05) is 52.2 Å². The number of aromatic carboxylic acids is 1. The topological polar surface area (TPSA) is 159 Å². The highest BCUT2D eigenvalue weighted by Crippen LogP contribution is 2.24. The maximum Gasteiger partial charge on any atom is 0.335 e. The van der Waals surface area contributed by atoms with Gasteiger partial charge in [0.1, 0.15) is 10.0 Å². The Morgan fingerprint density at radius 2 is 1.06 bits per heavy atom. The Morgan fingerprint density at radius 3 is 1.49 bits per heavy atom. The van der Waals surface area contributed by atoms with Gasteiger partial charge in [0.25, 0.3) is 5.91 Å². The summed E-state index contributed by atoms with van der Waals surface area (Å²) < 4.78 is 0. The van der Waals surface area contributed by atoms with Gasteiger partial charge < -0.3 is 26.0 Å². The molecule has 2 atom stereocenters. The number of nitrogens with one attached hydrogen (secondary N) is 1. The first-order chi connectivity index (χ1) is 31.3. The van der Waals surface area contributed by atoms with Crippen LogP contribution in [0, 0.1) is 0 Å². The van der Waals surface area contributed by atoms with Gasteiger partial charge in [0.2, 0.25) is 0 Å². The summed E-state index contributed by atoms with van der Waals surface area (Å²) in [6, 6.07) is 33.5. The molecular weight excluding hydrogens is 893 g/mol. The minimum Gasteiger partial charge on any atom is -0.478 e. The summed E-state index contributed by atoms with van der Waals surface area (Å²) in [5, 5.41) is 17.2. The van der Waals surface area contributed by atoms with Gasteiger partial charge in [-0.05, 0) is 100 Å². The predicted molar refractivity (Wildman–Crippen MR) is 272 cm³/mol. The van der Waals surface area contributed by atoms with Crippen LogP contribution in [-0.4, -0.2) is 113 Å². The fourth-order valence-electron chi connectivity index (χ4n) is 6.26. The number of nitrogens with two attached hydrogens (primary N) is 1. The van der Waals surface area contributed by atoms with E-state index in [0.29, 0.717) is 24.0 Å². The Hall–Kier alpha value is -5.00. The SMILES string of the molecule is CN(C)Cc1ccc(C(=O)O)cc1.CSCC[C@H](N)C(=O)Cc1nc(-c2ccccc2)cs1.CSCC[C@H](NC(=O)c1ccc(CN(C)C)cc1)C(=O)Cc1nc(-c2ccccc2)cs1. The van der Waals surface area contributed by atoms with Gasteiger partial charge in [-0.1, -0.05) is 84.9 Å². The summed E-state index contributed by atoms with van der Waals surface area (Å²) in [4.78, 5) is 61.6. The average Bonchev–Trinajstić information content (AvgIpc) is 3.98. The van der Waals surface area contributed by atoms with Crippen molar-refractivity contribution in [3.63, 3.8) is 0 Å². The molecule has 0 bridgehead atoms. The molecule has 6 rings (SSSR count). The van der Waals surface area contributed by atoms with E-state index >= 15 is 0 Å². The van der Waals surface area contributed by atoms with Crippen molar-refractivity contribution in [3.05, 3.63) is 152 Å². The smallest absolute Gasteiger partial charge is 0.335 e. The number of rotatable bonds is 21. The second-order valence-corrected chi connectivity index (χ2v) is 19.5. The molecule has 0 spiro atoms. The number of benzene rings is 4. The van der Waals surface area contributed by atoms with Crippen molar-refractivity contribution in [2.45, 2.75) is 50.9 Å². The number of carboxylic acid groups (broad SMARTS) is 1. The summed E-state index contributed by atoms with van der Waals surface area (Å²) >= 11 is 6.38. The number of hydrogen-bond donors (Lipinski definition) is 3. The summed E-state index contributed by atoms with van der Waals surface area (Å²) in [6.07, 6.45) is 5.91. The molecule has 4 aromatic carbocycles. The van der Waals surface area contributed by atoms with E-state index in [1.54, 1.807) is 35.7 Å². The first-order valence-electron chi connectivity index (χ1n) is 21.1. The van der Waals surface area contributed by atoms with Crippen LogP contribution < -0.4 is 11.1 Å². The van der Waals surface area contributed by atoms with Crippen molar-refractivity contribution in [1.82, 2.24) is 25.1 Å². The Morgan fingerprint density at radius 1 is 0.631 bits per heavy atom. The molecule has 0 unspecified atom stereocenters. The summed E-state index contributed by atoms with van der Waals surface area (Å²) in [7, 11) is 7.97. The van der Waals surface area contributed by atoms with Crippen molar-refractivity contribution < 1.29 is 24.3 Å². The third-order valence-corrected chi connectivity index (χ3v) is 12.6. The molecular formula is C50H60N6O5S4. The van der Waals surface area contributed by atoms with Crippen LogP contribution in [0.5, 0.6) is 0 Å². The Bertz CT molecular complexity index is 2360. The van der Waals surface area contributed by atoms with E-state index in [2.05, 4.69) is 20.2 Å². The molecule has 0 radical (unpaired) electrons. The number of carboxylic acids is 1. The molecule has 65 heavy (non-hydrogen) atoms. The highest BCUT2D eigenvalue weighted by atomic mass is 32.2. The molecule has 15 heteroatoms. The third-order valence-electron chi connectivity index (χ3n) is 9.66. The highest BCUT2D eigenvalue weighted by Gasteiger charge is 2.23. The molecule has 0 aliphatic carbocycles. The molecule has 0 saturated carbocycles. The summed E-state index contributed by atoms with van der Waals surface area (Å²) in [6.45, 7) is 1.65. The van der Waals surface area contributed by atoms with Gasteiger partial charge in [-0.3, -0.25) is 14.4 Å². The Balaban J connectivity index is 0.000000238. The van der Waals surface area contributed by atoms with Crippen LogP contribution in [0.15, 0.2) is 120 Å². The zero-order valence-corrected chi connectivity index (χ0v) is 41.2. The van der Waals surface area contributed by atoms with Gasteiger partial charge in [-0.15, -0.1) is 22.7 Å². The van der Waals surface area contributed by atoms with Crippen LogP contribution in [0.4, 0.5) is 0 Å². The maximum atomic E-state index is 13.0. The molecule has 2 aromatic heterocycles. The average molecular weight is 953 g/mol. The van der Waals surface area contributed by atoms with Gasteiger partial charge in [0, 0.05) is 40.5 Å². The number of aromatic nitrogens is 2. The lowest BCUT2D eigenvalue weighted by Crippen LogP contribution is -2.42. The number of carbonyl (C=O) groups is 4. The fourth-order valence-corrected chi connectivity index (χ4v) is 8.85. The highest BCUT2D eigenvalue weighted by molar-refractivity contribution is 7.98. The molecule has 0 aliphatic rings. The van der Waals surface area contributed by atoms with Crippen molar-refractivity contribution in [3.8, 4) is 22.5 Å². The van der Waals surface area contributed by atoms with Crippen LogP contribution in [0.1, 0.15) is 54.7 Å². The van der Waals surface area contributed by atoms with Gasteiger partial charge in [-0.2, -0.15) is 23.5 Å². The monoisotopic (exact) mass is 952 g/mol. The minimum atomic E-state index is -0.878. The largest absolute Gasteiger partial charge is 0.478 e. The van der Waals surface area contributed by atoms with Gasteiger partial charge in [0.15, 0.2) is 11.6 Å². The molecule has 344 valence electrons. The van der Waals surface area contributed by atoms with E-state index in [1.807, 2.05) is 153 Å². The van der Waals surface area contributed by atoms with E-state index < -0.39 is 12.0 Å². The van der Waals surface area contributed by atoms with Gasteiger partial charge in [-0.25, -0.2) is 14.8 Å². The predicted octanol–water partition coefficient (Wildman–Crippen LogP) is 8.98. The van der Waals surface area contributed by atoms with Crippen LogP contribution in [0.3, 0.4) is 0 Å². The number of nitrogens with zero attached hydrogens (tertiary/aromatic N) is 4. The number of thioether (sulfide) groups is 2. The lowest BCUT2D eigenvalue weighted by Gasteiger charge is -2.17. The summed E-state index contributed by atoms with van der Waals surface area (Å²) in [5.41, 5.74) is 13.0. The van der Waals surface area contributed by atoms with Crippen LogP contribution >= 0.6 is 46.2 Å². The molecule has 11 nitrogen and oxygen atoms in total. The molecule has 4 N–H and O–H groups in total. The standard InChI is InChI=1S/C25H29N3O2S2.C15H18N2OS2.C10H13NO2/c1-28(2)16-18-9-11-20(12-10-18)25(30)27-21(13-14-31-3)23(29)15-24-26-22(17-32-24)19-7-5-4-6-8-19;1-19-8-7-12(16)14(18)9-15-17-13(10-20-15)11-5-3-2-4-6-11;1-11(2)7-8-3-5-9(6-4-8)10(12)13/h4-12,17,21H,13-16H2,1-3H3,(H,27,30);2-6,10,12H,7-9,16H2,1H3;3-6H,7H2,1-2H3,(H,12,13)/t21-;12-;/m00./s1. The van der Waals surface area contributed by atoms with E-state index in [-0.39, 0.29) is 29.9 Å². The Kier molecular flexibility index (Phi) is 22.8. The molecule has 6 aromatic rings. The van der Waals surface area contributed by atoms with Gasteiger partial charge >= 0.3 is 5.97 Å². The maximum absolute atomic E-state index is 13.0. The first kappa shape index (κ1) is 52.6. The quantitative estimate of drug-likeness (QED) is 0.0630. The van der Waals surface area contributed by atoms with E-state index in [9.17, 15) is 19.2 Å². The second kappa shape index (κ2) is 28.1. The number of Topliss-reactive ketones (excluding diaryl/α,β-unsaturated/α-hetero) is 2. The minimum absolute atomic E-state index is 0.00871. The number of thiazole rings is 2. The molecule has 2 heterocycles. The van der Waals surface area contributed by atoms with Crippen LogP contribution in [0.2, 0.25) is 0 Å². The number of amides is 1. The van der Waals surface area contributed by atoms with E-state index in [1.165, 1.54) is 22.7 Å². The normalized spacial score (nSPS) is 11.8. The fraction of sp³-hybridized carbons (Fsp3) is 0.320. The second-order valence-electron chi connectivity index (χ2n) is 15.6. The molecule has 0 fully saturated rings. The van der Waals surface area contributed by atoms with Crippen LogP contribution in [-0.2, 0) is 35.5 Å². The lowest BCUT2D eigenvalue weighted by molar-refractivity contribution is -0.120. The third kappa shape index (κ3) is 18.8. The van der Waals surface area contributed by atoms with Crippen LogP contribution in [0.25, 0.3) is 22.5 Å². The molecule has 0 saturated heterocycles. The number of hydrogen-bond acceptors (Lipinski definition) is 13. The van der Waals surface area contributed by atoms with Crippen molar-refractivity contribution in [2.24, 2.45) is 5.73 Å². The number of carbonyl (C=O) groups excluding carboxylic acids is 3.